The van der Waals surface area contributed by atoms with Gasteiger partial charge in [-0.2, -0.15) is 4.98 Å². The lowest BCUT2D eigenvalue weighted by atomic mass is 10.2. The van der Waals surface area contributed by atoms with Crippen molar-refractivity contribution in [1.82, 2.24) is 15.5 Å². The number of rotatable bonds is 7. The average molecular weight is 392 g/mol. The van der Waals surface area contributed by atoms with Crippen LogP contribution in [0.2, 0.25) is 5.02 Å². The van der Waals surface area contributed by atoms with Crippen LogP contribution in [0, 0.1) is 5.82 Å². The second-order valence-corrected chi connectivity index (χ2v) is 6.75. The molecular weight excluding hydrogens is 377 g/mol. The summed E-state index contributed by atoms with van der Waals surface area (Å²) in [4.78, 5) is 16.1. The molecule has 0 aliphatic carbocycles. The molecule has 0 spiro atoms. The van der Waals surface area contributed by atoms with Crippen LogP contribution in [0.4, 0.5) is 4.39 Å². The molecule has 0 radical (unpaired) electrons. The van der Waals surface area contributed by atoms with E-state index in [-0.39, 0.29) is 29.9 Å². The molecular formula is C18H15ClFN3O2S. The molecule has 1 heterocycles. The van der Waals surface area contributed by atoms with Gasteiger partial charge in [0.1, 0.15) is 5.82 Å². The first-order valence-corrected chi connectivity index (χ1v) is 9.32. The second kappa shape index (κ2) is 8.82. The van der Waals surface area contributed by atoms with Gasteiger partial charge in [0.15, 0.2) is 0 Å². The van der Waals surface area contributed by atoms with Gasteiger partial charge in [0, 0.05) is 11.3 Å². The lowest BCUT2D eigenvalue weighted by Crippen LogP contribution is -2.24. The van der Waals surface area contributed by atoms with Gasteiger partial charge in [0.2, 0.25) is 17.6 Å². The first kappa shape index (κ1) is 18.4. The predicted octanol–water partition coefficient (Wildman–Crippen LogP) is 4.08. The number of hydrogen-bond acceptors (Lipinski definition) is 5. The molecule has 0 atom stereocenters. The fourth-order valence-corrected chi connectivity index (χ4v) is 3.24. The molecule has 1 aromatic heterocycles. The van der Waals surface area contributed by atoms with Gasteiger partial charge < -0.3 is 9.84 Å². The van der Waals surface area contributed by atoms with Crippen LogP contribution in [0.5, 0.6) is 0 Å². The van der Waals surface area contributed by atoms with Gasteiger partial charge in [-0.1, -0.05) is 47.1 Å². The van der Waals surface area contributed by atoms with Crippen molar-refractivity contribution in [3.8, 4) is 11.4 Å². The molecule has 0 aliphatic heterocycles. The number of nitrogens with zero attached hydrogens (tertiary/aromatic N) is 2. The van der Waals surface area contributed by atoms with E-state index in [1.165, 1.54) is 17.8 Å². The Bertz CT molecular complexity index is 903. The third-order valence-electron chi connectivity index (χ3n) is 3.47. The van der Waals surface area contributed by atoms with Crippen molar-refractivity contribution in [2.24, 2.45) is 0 Å². The van der Waals surface area contributed by atoms with E-state index in [1.807, 2.05) is 12.1 Å². The van der Waals surface area contributed by atoms with E-state index in [4.69, 9.17) is 16.1 Å². The summed E-state index contributed by atoms with van der Waals surface area (Å²) in [5, 5.41) is 7.09. The minimum Gasteiger partial charge on any atom is -0.346 e. The summed E-state index contributed by atoms with van der Waals surface area (Å²) in [6.07, 6.45) is 0. The Balaban J connectivity index is 1.46. The molecule has 0 fully saturated rings. The van der Waals surface area contributed by atoms with Gasteiger partial charge in [-0.25, -0.2) is 4.39 Å². The van der Waals surface area contributed by atoms with Crippen LogP contribution >= 0.6 is 23.4 Å². The molecule has 2 aromatic carbocycles. The molecule has 1 N–H and O–H groups in total. The zero-order valence-electron chi connectivity index (χ0n) is 13.6. The molecule has 3 rings (SSSR count). The Hall–Kier alpha value is -2.38. The van der Waals surface area contributed by atoms with Crippen LogP contribution in [0.25, 0.3) is 11.4 Å². The maximum absolute atomic E-state index is 13.5. The summed E-state index contributed by atoms with van der Waals surface area (Å²) in [5.41, 5.74) is 1.24. The molecule has 0 aliphatic rings. The van der Waals surface area contributed by atoms with Crippen LogP contribution in [0.1, 0.15) is 11.5 Å². The van der Waals surface area contributed by atoms with E-state index in [2.05, 4.69) is 15.5 Å². The zero-order valence-corrected chi connectivity index (χ0v) is 15.2. The lowest BCUT2D eigenvalue weighted by Gasteiger charge is -2.04. The van der Waals surface area contributed by atoms with E-state index < -0.39 is 0 Å². The van der Waals surface area contributed by atoms with Crippen molar-refractivity contribution < 1.29 is 13.7 Å². The molecule has 0 saturated heterocycles. The van der Waals surface area contributed by atoms with Crippen LogP contribution in [0.15, 0.2) is 53.1 Å². The Morgan fingerprint density at radius 2 is 1.96 bits per heavy atom. The van der Waals surface area contributed by atoms with E-state index in [9.17, 15) is 9.18 Å². The molecule has 134 valence electrons. The first-order valence-electron chi connectivity index (χ1n) is 7.79. The minimum absolute atomic E-state index is 0.122. The zero-order chi connectivity index (χ0) is 18.4. The van der Waals surface area contributed by atoms with Crippen molar-refractivity contribution in [3.05, 3.63) is 70.8 Å². The Kier molecular flexibility index (Phi) is 6.25. The third kappa shape index (κ3) is 4.83. The van der Waals surface area contributed by atoms with Crippen molar-refractivity contribution >= 4 is 29.3 Å². The summed E-state index contributed by atoms with van der Waals surface area (Å²) in [5.74, 6) is 0.834. The highest BCUT2D eigenvalue weighted by Crippen LogP contribution is 2.24. The summed E-state index contributed by atoms with van der Waals surface area (Å²) < 4.78 is 18.6. The summed E-state index contributed by atoms with van der Waals surface area (Å²) in [6, 6.07) is 13.7. The van der Waals surface area contributed by atoms with Crippen molar-refractivity contribution in [1.29, 1.82) is 0 Å². The fraction of sp³-hybridized carbons (Fsp3) is 0.167. The number of hydrogen-bond donors (Lipinski definition) is 1. The normalized spacial score (nSPS) is 10.7. The van der Waals surface area contributed by atoms with Gasteiger partial charge in [0.25, 0.3) is 0 Å². The summed E-state index contributed by atoms with van der Waals surface area (Å²) in [6.45, 7) is 0.122. The number of halogens is 2. The minimum atomic E-state index is -0.265. The molecule has 26 heavy (non-hydrogen) atoms. The number of thioether (sulfide) groups is 1. The standard InChI is InChI=1S/C18H15ClFN3O2S/c19-14-7-3-2-6-13(14)18-22-17(25-23-18)9-21-16(24)11-26-10-12-5-1-4-8-15(12)20/h1-8H,9-11H2,(H,21,24). The smallest absolute Gasteiger partial charge is 0.246 e. The Morgan fingerprint density at radius 3 is 2.77 bits per heavy atom. The van der Waals surface area contributed by atoms with Crippen LogP contribution in [-0.2, 0) is 17.1 Å². The van der Waals surface area contributed by atoms with Crippen LogP contribution in [0.3, 0.4) is 0 Å². The number of carbonyl (C=O) groups is 1. The topological polar surface area (TPSA) is 68.0 Å². The quantitative estimate of drug-likeness (QED) is 0.657. The van der Waals surface area contributed by atoms with Gasteiger partial charge in [-0.15, -0.1) is 11.8 Å². The molecule has 8 heteroatoms. The van der Waals surface area contributed by atoms with Gasteiger partial charge in [-0.3, -0.25) is 4.79 Å². The number of amides is 1. The van der Waals surface area contributed by atoms with Gasteiger partial charge in [0.05, 0.1) is 17.3 Å². The fourth-order valence-electron chi connectivity index (χ4n) is 2.17. The SMILES string of the molecule is O=C(CSCc1ccccc1F)NCc1nc(-c2ccccc2Cl)no1. The molecule has 0 unspecified atom stereocenters. The molecule has 5 nitrogen and oxygen atoms in total. The highest BCUT2D eigenvalue weighted by Gasteiger charge is 2.12. The maximum Gasteiger partial charge on any atom is 0.246 e. The third-order valence-corrected chi connectivity index (χ3v) is 4.78. The van der Waals surface area contributed by atoms with Crippen molar-refractivity contribution in [2.75, 3.05) is 5.75 Å². The number of benzene rings is 2. The monoisotopic (exact) mass is 391 g/mol. The largest absolute Gasteiger partial charge is 0.346 e. The van der Waals surface area contributed by atoms with Gasteiger partial charge in [-0.05, 0) is 23.8 Å². The molecule has 0 saturated carbocycles. The maximum atomic E-state index is 13.5. The summed E-state index contributed by atoms with van der Waals surface area (Å²) in [7, 11) is 0. The number of nitrogens with one attached hydrogen (secondary N) is 1. The molecule has 3 aromatic rings. The number of carbonyl (C=O) groups excluding carboxylic acids is 1. The van der Waals surface area contributed by atoms with Crippen molar-refractivity contribution in [3.63, 3.8) is 0 Å². The summed E-state index contributed by atoms with van der Waals surface area (Å²) >= 11 is 7.43. The lowest BCUT2D eigenvalue weighted by molar-refractivity contribution is -0.118. The predicted molar refractivity (Wildman–Crippen MR) is 99.2 cm³/mol. The molecule has 1 amide bonds. The van der Waals surface area contributed by atoms with E-state index in [0.29, 0.717) is 27.7 Å². The van der Waals surface area contributed by atoms with Crippen LogP contribution < -0.4 is 5.32 Å². The average Bonchev–Trinajstić information content (AvgIpc) is 3.11. The van der Waals surface area contributed by atoms with Crippen LogP contribution in [-0.4, -0.2) is 21.8 Å². The highest BCUT2D eigenvalue weighted by molar-refractivity contribution is 7.99. The second-order valence-electron chi connectivity index (χ2n) is 5.35. The molecule has 0 bridgehead atoms. The first-order chi connectivity index (χ1) is 12.6. The highest BCUT2D eigenvalue weighted by atomic mass is 35.5. The number of aromatic nitrogens is 2. The van der Waals surface area contributed by atoms with E-state index in [0.717, 1.165) is 0 Å². The Labute approximate surface area is 158 Å². The van der Waals surface area contributed by atoms with Gasteiger partial charge >= 0.3 is 0 Å². The van der Waals surface area contributed by atoms with Crippen molar-refractivity contribution in [2.45, 2.75) is 12.3 Å². The van der Waals surface area contributed by atoms with E-state index >= 15 is 0 Å². The van der Waals surface area contributed by atoms with E-state index in [1.54, 1.807) is 30.3 Å². The Morgan fingerprint density at radius 1 is 1.19 bits per heavy atom.